The van der Waals surface area contributed by atoms with Crippen molar-refractivity contribution in [3.8, 4) is 0 Å². The van der Waals surface area contributed by atoms with Crippen LogP contribution in [-0.4, -0.2) is 44.2 Å². The van der Waals surface area contributed by atoms with E-state index in [-0.39, 0.29) is 5.97 Å². The molecule has 1 atom stereocenters. The van der Waals surface area contributed by atoms with E-state index in [1.165, 1.54) is 20.0 Å². The summed E-state index contributed by atoms with van der Waals surface area (Å²) in [6, 6.07) is 0.406. The van der Waals surface area contributed by atoms with E-state index in [2.05, 4.69) is 4.90 Å². The summed E-state index contributed by atoms with van der Waals surface area (Å²) in [5, 5.41) is 0. The number of nitrogens with two attached hydrogens (primary N) is 1. The van der Waals surface area contributed by atoms with E-state index in [1.54, 1.807) is 0 Å². The molecule has 4 heteroatoms. The van der Waals surface area contributed by atoms with Crippen LogP contribution in [0.3, 0.4) is 0 Å². The molecule has 1 unspecified atom stereocenters. The molecule has 0 spiro atoms. The van der Waals surface area contributed by atoms with Crippen molar-refractivity contribution in [1.29, 1.82) is 0 Å². The van der Waals surface area contributed by atoms with Crippen LogP contribution >= 0.6 is 0 Å². The third-order valence-corrected chi connectivity index (χ3v) is 3.36. The van der Waals surface area contributed by atoms with Crippen molar-refractivity contribution in [2.45, 2.75) is 32.7 Å². The highest BCUT2D eigenvalue weighted by Crippen LogP contribution is 2.35. The maximum absolute atomic E-state index is 11.6. The first-order valence-corrected chi connectivity index (χ1v) is 5.91. The number of nitrogens with zero attached hydrogens (tertiary/aromatic N) is 1. The quantitative estimate of drug-likeness (QED) is 0.685. The van der Waals surface area contributed by atoms with Gasteiger partial charge in [-0.2, -0.15) is 0 Å². The van der Waals surface area contributed by atoms with E-state index in [9.17, 15) is 4.79 Å². The first kappa shape index (κ1) is 13.5. The van der Waals surface area contributed by atoms with Crippen molar-refractivity contribution in [2.24, 2.45) is 17.1 Å². The fourth-order valence-corrected chi connectivity index (χ4v) is 2.29. The van der Waals surface area contributed by atoms with Gasteiger partial charge in [0.1, 0.15) is 0 Å². The summed E-state index contributed by atoms with van der Waals surface area (Å²) in [5.74, 6) is 0.564. The van der Waals surface area contributed by atoms with E-state index >= 15 is 0 Å². The Morgan fingerprint density at radius 3 is 2.50 bits per heavy atom. The predicted molar refractivity (Wildman–Crippen MR) is 64.0 cm³/mol. The minimum Gasteiger partial charge on any atom is -0.469 e. The van der Waals surface area contributed by atoms with Crippen molar-refractivity contribution in [2.75, 3.05) is 27.2 Å². The van der Waals surface area contributed by atoms with Crippen LogP contribution in [0.4, 0.5) is 0 Å². The van der Waals surface area contributed by atoms with Crippen molar-refractivity contribution < 1.29 is 9.53 Å². The molecule has 0 aromatic carbocycles. The first-order valence-electron chi connectivity index (χ1n) is 5.91. The van der Waals surface area contributed by atoms with Gasteiger partial charge in [0.15, 0.2) is 0 Å². The fraction of sp³-hybridized carbons (Fsp3) is 0.917. The highest BCUT2D eigenvalue weighted by Gasteiger charge is 2.37. The number of carbonyl (C=O) groups excluding carboxylic acids is 1. The second-order valence-corrected chi connectivity index (χ2v) is 5.43. The molecule has 0 amide bonds. The van der Waals surface area contributed by atoms with Crippen molar-refractivity contribution in [3.63, 3.8) is 0 Å². The standard InChI is InChI=1S/C12H24N2O2/c1-12(2,11(15)16-4)8-14(3)10(7-13)9-5-6-9/h9-10H,5-8,13H2,1-4H3. The van der Waals surface area contributed by atoms with E-state index in [4.69, 9.17) is 10.5 Å². The Bertz CT molecular complexity index is 249. The molecule has 1 aliphatic carbocycles. The lowest BCUT2D eigenvalue weighted by atomic mass is 9.92. The third-order valence-electron chi connectivity index (χ3n) is 3.36. The molecule has 16 heavy (non-hydrogen) atoms. The monoisotopic (exact) mass is 228 g/mol. The molecule has 0 saturated heterocycles. The molecule has 0 radical (unpaired) electrons. The summed E-state index contributed by atoms with van der Waals surface area (Å²) in [6.45, 7) is 5.18. The second kappa shape index (κ2) is 5.15. The summed E-state index contributed by atoms with van der Waals surface area (Å²) < 4.78 is 4.81. The zero-order valence-corrected chi connectivity index (χ0v) is 10.8. The maximum atomic E-state index is 11.6. The number of likely N-dealkylation sites (N-methyl/N-ethyl adjacent to an activating group) is 1. The largest absolute Gasteiger partial charge is 0.469 e. The number of methoxy groups -OCH3 is 1. The van der Waals surface area contributed by atoms with E-state index in [0.29, 0.717) is 19.1 Å². The number of esters is 1. The van der Waals surface area contributed by atoms with Crippen LogP contribution in [0, 0.1) is 11.3 Å². The van der Waals surface area contributed by atoms with Crippen LogP contribution in [0.25, 0.3) is 0 Å². The molecule has 0 aromatic rings. The predicted octanol–water partition coefficient (Wildman–Crippen LogP) is 0.855. The number of hydrogen-bond donors (Lipinski definition) is 1. The molecule has 0 heterocycles. The lowest BCUT2D eigenvalue weighted by molar-refractivity contribution is -0.152. The Hall–Kier alpha value is -0.610. The zero-order chi connectivity index (χ0) is 12.3. The normalized spacial score (nSPS) is 18.6. The molecule has 1 saturated carbocycles. The van der Waals surface area contributed by atoms with Crippen molar-refractivity contribution >= 4 is 5.97 Å². The molecule has 0 bridgehead atoms. The molecular formula is C12H24N2O2. The van der Waals surface area contributed by atoms with Gasteiger partial charge in [-0.05, 0) is 39.7 Å². The highest BCUT2D eigenvalue weighted by molar-refractivity contribution is 5.76. The third kappa shape index (κ3) is 3.19. The van der Waals surface area contributed by atoms with Gasteiger partial charge in [-0.25, -0.2) is 0 Å². The number of carbonyl (C=O) groups is 1. The van der Waals surface area contributed by atoms with Crippen LogP contribution in [0.2, 0.25) is 0 Å². The van der Waals surface area contributed by atoms with Gasteiger partial charge in [-0.1, -0.05) is 0 Å². The average molecular weight is 228 g/mol. The summed E-state index contributed by atoms with van der Waals surface area (Å²) in [4.78, 5) is 13.8. The van der Waals surface area contributed by atoms with Gasteiger partial charge in [-0.3, -0.25) is 4.79 Å². The van der Waals surface area contributed by atoms with Crippen LogP contribution in [0.1, 0.15) is 26.7 Å². The molecule has 1 fully saturated rings. The van der Waals surface area contributed by atoms with Crippen molar-refractivity contribution in [1.82, 2.24) is 4.90 Å². The summed E-state index contributed by atoms with van der Waals surface area (Å²) in [7, 11) is 3.48. The molecule has 4 nitrogen and oxygen atoms in total. The SMILES string of the molecule is COC(=O)C(C)(C)CN(C)C(CN)C1CC1. The molecular weight excluding hydrogens is 204 g/mol. The Morgan fingerprint density at radius 2 is 2.12 bits per heavy atom. The topological polar surface area (TPSA) is 55.6 Å². The molecule has 1 aliphatic rings. The lowest BCUT2D eigenvalue weighted by Gasteiger charge is -2.33. The Labute approximate surface area is 98.1 Å². The molecule has 1 rings (SSSR count). The molecule has 0 aliphatic heterocycles. The van der Waals surface area contributed by atoms with Crippen LogP contribution in [0.5, 0.6) is 0 Å². The smallest absolute Gasteiger partial charge is 0.312 e. The fourth-order valence-electron chi connectivity index (χ4n) is 2.29. The first-order chi connectivity index (χ1) is 7.42. The zero-order valence-electron chi connectivity index (χ0n) is 10.8. The van der Waals surface area contributed by atoms with Gasteiger partial charge in [0.2, 0.25) is 0 Å². The highest BCUT2D eigenvalue weighted by atomic mass is 16.5. The van der Waals surface area contributed by atoms with E-state index in [1.807, 2.05) is 20.9 Å². The van der Waals surface area contributed by atoms with Gasteiger partial charge in [0.25, 0.3) is 0 Å². The van der Waals surface area contributed by atoms with E-state index < -0.39 is 5.41 Å². The second-order valence-electron chi connectivity index (χ2n) is 5.43. The van der Waals surface area contributed by atoms with Crippen LogP contribution in [-0.2, 0) is 9.53 Å². The minimum absolute atomic E-state index is 0.161. The van der Waals surface area contributed by atoms with Gasteiger partial charge in [-0.15, -0.1) is 0 Å². The Kier molecular flexibility index (Phi) is 4.33. The van der Waals surface area contributed by atoms with E-state index in [0.717, 1.165) is 5.92 Å². The number of hydrogen-bond acceptors (Lipinski definition) is 4. The van der Waals surface area contributed by atoms with Crippen molar-refractivity contribution in [3.05, 3.63) is 0 Å². The average Bonchev–Trinajstić information content (AvgIpc) is 3.01. The number of ether oxygens (including phenoxy) is 1. The Morgan fingerprint density at radius 1 is 1.56 bits per heavy atom. The minimum atomic E-state index is -0.466. The summed E-state index contributed by atoms with van der Waals surface area (Å²) in [6.07, 6.45) is 2.54. The van der Waals surface area contributed by atoms with Gasteiger partial charge in [0.05, 0.1) is 12.5 Å². The number of rotatable bonds is 6. The van der Waals surface area contributed by atoms with Gasteiger partial charge in [0, 0.05) is 19.1 Å². The Balaban J connectivity index is 2.54. The van der Waals surface area contributed by atoms with Crippen LogP contribution in [0.15, 0.2) is 0 Å². The summed E-state index contributed by atoms with van der Waals surface area (Å²) >= 11 is 0. The lowest BCUT2D eigenvalue weighted by Crippen LogP contribution is -2.46. The molecule has 94 valence electrons. The maximum Gasteiger partial charge on any atom is 0.312 e. The molecule has 0 aromatic heterocycles. The van der Waals surface area contributed by atoms with Crippen LogP contribution < -0.4 is 5.73 Å². The molecule has 2 N–H and O–H groups in total. The van der Waals surface area contributed by atoms with Gasteiger partial charge >= 0.3 is 5.97 Å². The summed E-state index contributed by atoms with van der Waals surface area (Å²) in [5.41, 5.74) is 5.32. The van der Waals surface area contributed by atoms with Gasteiger partial charge < -0.3 is 15.4 Å².